The van der Waals surface area contributed by atoms with E-state index < -0.39 is 29.0 Å². The van der Waals surface area contributed by atoms with E-state index in [2.05, 4.69) is 4.90 Å². The second-order valence-electron chi connectivity index (χ2n) is 6.43. The average Bonchev–Trinajstić information content (AvgIpc) is 2.72. The maximum absolute atomic E-state index is 12.7. The first-order valence-corrected chi connectivity index (χ1v) is 8.82. The molecule has 0 aromatic heterocycles. The summed E-state index contributed by atoms with van der Waals surface area (Å²) in [6.07, 6.45) is -4.71. The fourth-order valence-corrected chi connectivity index (χ4v) is 3.04. The molecule has 1 amide bonds. The number of alkyl halides is 3. The third-order valence-electron chi connectivity index (χ3n) is 4.59. The molecule has 0 N–H and O–H groups in total. The van der Waals surface area contributed by atoms with Crippen molar-refractivity contribution in [1.29, 1.82) is 0 Å². The summed E-state index contributed by atoms with van der Waals surface area (Å²) in [7, 11) is 0. The van der Waals surface area contributed by atoms with Crippen LogP contribution in [0.4, 0.5) is 24.5 Å². The number of piperazine rings is 1. The molecule has 7 nitrogen and oxygen atoms in total. The molecule has 0 bridgehead atoms. The first-order chi connectivity index (χ1) is 13.8. The summed E-state index contributed by atoms with van der Waals surface area (Å²) in [4.78, 5) is 26.2. The predicted octanol–water partition coefficient (Wildman–Crippen LogP) is 3.34. The van der Waals surface area contributed by atoms with Gasteiger partial charge in [-0.25, -0.2) is 0 Å². The molecule has 0 aliphatic carbocycles. The summed E-state index contributed by atoms with van der Waals surface area (Å²) in [5.41, 5.74) is -0.933. The Kier molecular flexibility index (Phi) is 5.90. The third-order valence-corrected chi connectivity index (χ3v) is 4.59. The molecular formula is C19H18F3N3O4. The van der Waals surface area contributed by atoms with Gasteiger partial charge in [0.25, 0.3) is 5.91 Å². The summed E-state index contributed by atoms with van der Waals surface area (Å²) in [6.45, 7) is 1.66. The van der Waals surface area contributed by atoms with E-state index in [1.54, 1.807) is 4.90 Å². The number of hydrogen-bond donors (Lipinski definition) is 0. The van der Waals surface area contributed by atoms with Gasteiger partial charge >= 0.3 is 11.9 Å². The van der Waals surface area contributed by atoms with Crippen LogP contribution in [0, 0.1) is 10.1 Å². The highest BCUT2D eigenvalue weighted by Gasteiger charge is 2.33. The number of carbonyl (C=O) groups is 1. The van der Waals surface area contributed by atoms with Crippen molar-refractivity contribution in [2.45, 2.75) is 6.18 Å². The molecule has 1 aliphatic heterocycles. The number of benzene rings is 2. The van der Waals surface area contributed by atoms with Crippen molar-refractivity contribution in [3.05, 3.63) is 64.2 Å². The van der Waals surface area contributed by atoms with E-state index in [4.69, 9.17) is 4.74 Å². The highest BCUT2D eigenvalue weighted by molar-refractivity contribution is 5.78. The summed E-state index contributed by atoms with van der Waals surface area (Å²) in [5.74, 6) is -0.758. The van der Waals surface area contributed by atoms with E-state index in [1.807, 2.05) is 30.3 Å². The van der Waals surface area contributed by atoms with Gasteiger partial charge < -0.3 is 14.5 Å². The number of nitro groups is 1. The Morgan fingerprint density at radius 3 is 2.31 bits per heavy atom. The Morgan fingerprint density at radius 1 is 1.07 bits per heavy atom. The van der Waals surface area contributed by atoms with Gasteiger partial charge in [0.15, 0.2) is 12.4 Å². The Bertz CT molecular complexity index is 882. The summed E-state index contributed by atoms with van der Waals surface area (Å²) < 4.78 is 43.4. The van der Waals surface area contributed by atoms with Crippen LogP contribution in [0.15, 0.2) is 48.5 Å². The molecule has 10 heteroatoms. The van der Waals surface area contributed by atoms with Crippen LogP contribution in [0.1, 0.15) is 5.56 Å². The lowest BCUT2D eigenvalue weighted by atomic mass is 10.2. The SMILES string of the molecule is O=C(COc1ccc(C(F)(F)F)cc1[N+](=O)[O-])N1CCN(c2ccccc2)CC1. The minimum absolute atomic E-state index is 0.376. The number of para-hydroxylation sites is 1. The van der Waals surface area contributed by atoms with Gasteiger partial charge in [-0.3, -0.25) is 14.9 Å². The van der Waals surface area contributed by atoms with Crippen LogP contribution in [-0.2, 0) is 11.0 Å². The summed E-state index contributed by atoms with van der Waals surface area (Å²) in [6, 6.07) is 11.7. The van der Waals surface area contributed by atoms with Crippen molar-refractivity contribution in [3.8, 4) is 5.75 Å². The zero-order valence-corrected chi connectivity index (χ0v) is 15.3. The molecule has 1 fully saturated rings. The number of nitrogens with zero attached hydrogens (tertiary/aromatic N) is 3. The number of anilines is 1. The minimum Gasteiger partial charge on any atom is -0.477 e. The molecule has 29 heavy (non-hydrogen) atoms. The molecule has 154 valence electrons. The Labute approximate surface area is 164 Å². The normalized spacial score (nSPS) is 14.6. The molecule has 2 aromatic carbocycles. The van der Waals surface area contributed by atoms with Crippen molar-refractivity contribution in [2.24, 2.45) is 0 Å². The number of ether oxygens (including phenoxy) is 1. The van der Waals surface area contributed by atoms with Crippen LogP contribution in [0.25, 0.3) is 0 Å². The lowest BCUT2D eigenvalue weighted by Crippen LogP contribution is -2.50. The lowest BCUT2D eigenvalue weighted by Gasteiger charge is -2.36. The number of rotatable bonds is 5. The van der Waals surface area contributed by atoms with Gasteiger partial charge in [0.1, 0.15) is 0 Å². The van der Waals surface area contributed by atoms with E-state index >= 15 is 0 Å². The molecule has 0 radical (unpaired) electrons. The maximum atomic E-state index is 12.7. The lowest BCUT2D eigenvalue weighted by molar-refractivity contribution is -0.386. The van der Waals surface area contributed by atoms with Crippen molar-refractivity contribution in [1.82, 2.24) is 4.90 Å². The maximum Gasteiger partial charge on any atom is 0.416 e. The Hall–Kier alpha value is -3.30. The predicted molar refractivity (Wildman–Crippen MR) is 98.8 cm³/mol. The van der Waals surface area contributed by atoms with Gasteiger partial charge in [-0.05, 0) is 24.3 Å². The zero-order valence-electron chi connectivity index (χ0n) is 15.3. The molecular weight excluding hydrogens is 391 g/mol. The van der Waals surface area contributed by atoms with Crippen LogP contribution in [0.3, 0.4) is 0 Å². The fraction of sp³-hybridized carbons (Fsp3) is 0.316. The fourth-order valence-electron chi connectivity index (χ4n) is 3.04. The van der Waals surface area contributed by atoms with Crippen molar-refractivity contribution in [3.63, 3.8) is 0 Å². The number of carbonyl (C=O) groups excluding carboxylic acids is 1. The molecule has 0 atom stereocenters. The van der Waals surface area contributed by atoms with E-state index in [-0.39, 0.29) is 11.7 Å². The number of nitro benzene ring substituents is 1. The topological polar surface area (TPSA) is 75.9 Å². The zero-order chi connectivity index (χ0) is 21.0. The molecule has 1 aliphatic rings. The summed E-state index contributed by atoms with van der Waals surface area (Å²) >= 11 is 0. The van der Waals surface area contributed by atoms with Crippen LogP contribution in [0.2, 0.25) is 0 Å². The van der Waals surface area contributed by atoms with Gasteiger partial charge in [-0.1, -0.05) is 18.2 Å². The van der Waals surface area contributed by atoms with E-state index in [0.29, 0.717) is 38.3 Å². The van der Waals surface area contributed by atoms with Crippen molar-refractivity contribution >= 4 is 17.3 Å². The smallest absolute Gasteiger partial charge is 0.416 e. The first kappa shape index (κ1) is 20.4. The summed E-state index contributed by atoms with van der Waals surface area (Å²) in [5, 5.41) is 11.1. The van der Waals surface area contributed by atoms with Crippen LogP contribution < -0.4 is 9.64 Å². The molecule has 0 unspecified atom stereocenters. The Balaban J connectivity index is 1.59. The van der Waals surface area contributed by atoms with Crippen molar-refractivity contribution in [2.75, 3.05) is 37.7 Å². The van der Waals surface area contributed by atoms with E-state index in [1.165, 1.54) is 0 Å². The van der Waals surface area contributed by atoms with E-state index in [0.717, 1.165) is 11.8 Å². The van der Waals surface area contributed by atoms with Gasteiger partial charge in [-0.2, -0.15) is 13.2 Å². The quantitative estimate of drug-likeness (QED) is 0.559. The number of amides is 1. The highest BCUT2D eigenvalue weighted by atomic mass is 19.4. The van der Waals surface area contributed by atoms with E-state index in [9.17, 15) is 28.1 Å². The van der Waals surface area contributed by atoms with Gasteiger partial charge in [0, 0.05) is 37.9 Å². The molecule has 1 heterocycles. The molecule has 2 aromatic rings. The number of halogens is 3. The van der Waals surface area contributed by atoms with Gasteiger partial charge in [0.2, 0.25) is 0 Å². The minimum atomic E-state index is -4.71. The first-order valence-electron chi connectivity index (χ1n) is 8.82. The monoisotopic (exact) mass is 409 g/mol. The standard InChI is InChI=1S/C19H18F3N3O4/c20-19(21,22)14-6-7-17(16(12-14)25(27)28)29-13-18(26)24-10-8-23(9-11-24)15-4-2-1-3-5-15/h1-7,12H,8-11,13H2. The van der Waals surface area contributed by atoms with Crippen LogP contribution in [0.5, 0.6) is 5.75 Å². The van der Waals surface area contributed by atoms with Crippen LogP contribution in [-0.4, -0.2) is 48.5 Å². The van der Waals surface area contributed by atoms with Crippen LogP contribution >= 0.6 is 0 Å². The molecule has 1 saturated heterocycles. The Morgan fingerprint density at radius 2 is 1.72 bits per heavy atom. The van der Waals surface area contributed by atoms with Gasteiger partial charge in [0.05, 0.1) is 10.5 Å². The molecule has 0 spiro atoms. The highest BCUT2D eigenvalue weighted by Crippen LogP contribution is 2.36. The second kappa shape index (κ2) is 8.38. The largest absolute Gasteiger partial charge is 0.477 e. The second-order valence-corrected chi connectivity index (χ2v) is 6.43. The molecule has 3 rings (SSSR count). The average molecular weight is 409 g/mol. The third kappa shape index (κ3) is 4.95. The van der Waals surface area contributed by atoms with Gasteiger partial charge in [-0.15, -0.1) is 0 Å². The molecule has 0 saturated carbocycles. The number of hydrogen-bond acceptors (Lipinski definition) is 5. The van der Waals surface area contributed by atoms with Crippen molar-refractivity contribution < 1.29 is 27.6 Å².